The fraction of sp³-hybridized carbons (Fsp3) is 0.520. The molecule has 0 heterocycles. The lowest BCUT2D eigenvalue weighted by Crippen LogP contribution is -2.14. The maximum absolute atomic E-state index is 12.7. The maximum Gasteiger partial charge on any atom is 0.262 e. The molecule has 0 saturated heterocycles. The Morgan fingerprint density at radius 1 is 0.839 bits per heavy atom. The molecule has 6 heteroatoms. The largest absolute Gasteiger partial charge is 0.508 e. The molecule has 0 atom stereocenters. The van der Waals surface area contributed by atoms with E-state index in [-0.39, 0.29) is 10.6 Å². The zero-order valence-electron chi connectivity index (χ0n) is 18.9. The van der Waals surface area contributed by atoms with Crippen LogP contribution in [0.5, 0.6) is 11.5 Å². The predicted molar refractivity (Wildman–Crippen MR) is 127 cm³/mol. The molecule has 0 aromatic heterocycles. The summed E-state index contributed by atoms with van der Waals surface area (Å²) in [5.74, 6) is 0.555. The summed E-state index contributed by atoms with van der Waals surface area (Å²) in [4.78, 5) is 0.0902. The second-order valence-corrected chi connectivity index (χ2v) is 9.81. The zero-order valence-corrected chi connectivity index (χ0v) is 19.7. The molecule has 0 fully saturated rings. The molecule has 0 aliphatic heterocycles. The summed E-state index contributed by atoms with van der Waals surface area (Å²) < 4.78 is 33.9. The molecule has 0 bridgehead atoms. The van der Waals surface area contributed by atoms with Crippen LogP contribution in [0.25, 0.3) is 0 Å². The van der Waals surface area contributed by atoms with Gasteiger partial charge in [-0.05, 0) is 55.3 Å². The first-order valence-electron chi connectivity index (χ1n) is 11.5. The Morgan fingerprint density at radius 3 is 2.03 bits per heavy atom. The zero-order chi connectivity index (χ0) is 22.5. The molecular weight excluding hydrogens is 410 g/mol. The highest BCUT2D eigenvalue weighted by molar-refractivity contribution is 7.92. The van der Waals surface area contributed by atoms with Crippen molar-refractivity contribution in [2.75, 3.05) is 11.3 Å². The number of phenols is 1. The molecule has 0 amide bonds. The van der Waals surface area contributed by atoms with E-state index in [9.17, 15) is 13.5 Å². The molecule has 0 unspecified atom stereocenters. The van der Waals surface area contributed by atoms with Gasteiger partial charge in [0, 0.05) is 0 Å². The van der Waals surface area contributed by atoms with Crippen molar-refractivity contribution in [3.05, 3.63) is 48.0 Å². The van der Waals surface area contributed by atoms with Gasteiger partial charge in [0.25, 0.3) is 10.0 Å². The average molecular weight is 448 g/mol. The van der Waals surface area contributed by atoms with E-state index in [1.807, 2.05) is 13.0 Å². The Balaban J connectivity index is 1.79. The van der Waals surface area contributed by atoms with Crippen molar-refractivity contribution < 1.29 is 18.3 Å². The van der Waals surface area contributed by atoms with Gasteiger partial charge in [-0.15, -0.1) is 0 Å². The second kappa shape index (κ2) is 13.3. The molecule has 31 heavy (non-hydrogen) atoms. The fourth-order valence-corrected chi connectivity index (χ4v) is 4.51. The lowest BCUT2D eigenvalue weighted by Gasteiger charge is -2.14. The first-order valence-corrected chi connectivity index (χ1v) is 13.0. The Morgan fingerprint density at radius 2 is 1.42 bits per heavy atom. The molecule has 0 aliphatic rings. The van der Waals surface area contributed by atoms with E-state index in [1.54, 1.807) is 12.1 Å². The number of aryl methyl sites for hydroxylation is 1. The summed E-state index contributed by atoms with van der Waals surface area (Å²) in [5.41, 5.74) is 1.37. The number of benzene rings is 2. The summed E-state index contributed by atoms with van der Waals surface area (Å²) in [6, 6.07) is 10.9. The third-order valence-electron chi connectivity index (χ3n) is 5.28. The monoisotopic (exact) mass is 447 g/mol. The van der Waals surface area contributed by atoms with Gasteiger partial charge in [-0.3, -0.25) is 4.72 Å². The molecule has 0 spiro atoms. The third kappa shape index (κ3) is 9.21. The van der Waals surface area contributed by atoms with Crippen molar-refractivity contribution >= 4 is 15.7 Å². The van der Waals surface area contributed by atoms with E-state index < -0.39 is 10.0 Å². The molecule has 0 saturated carbocycles. The molecule has 2 aromatic rings. The summed E-state index contributed by atoms with van der Waals surface area (Å²) >= 11 is 0. The minimum Gasteiger partial charge on any atom is -0.508 e. The van der Waals surface area contributed by atoms with Crippen LogP contribution in [-0.4, -0.2) is 20.1 Å². The number of sulfonamides is 1. The molecule has 5 nitrogen and oxygen atoms in total. The predicted octanol–water partition coefficient (Wildman–Crippen LogP) is 6.80. The highest BCUT2D eigenvalue weighted by Crippen LogP contribution is 2.29. The van der Waals surface area contributed by atoms with Gasteiger partial charge in [-0.2, -0.15) is 0 Å². The molecule has 0 radical (unpaired) electrons. The van der Waals surface area contributed by atoms with Crippen LogP contribution in [-0.2, 0) is 10.0 Å². The van der Waals surface area contributed by atoms with Crippen LogP contribution in [0, 0.1) is 6.92 Å². The highest BCUT2D eigenvalue weighted by Gasteiger charge is 2.17. The van der Waals surface area contributed by atoms with E-state index in [4.69, 9.17) is 4.74 Å². The molecular formula is C25H37NO4S. The summed E-state index contributed by atoms with van der Waals surface area (Å²) in [5, 5.41) is 9.39. The third-order valence-corrected chi connectivity index (χ3v) is 6.66. The van der Waals surface area contributed by atoms with Crippen molar-refractivity contribution in [2.45, 2.75) is 83.0 Å². The lowest BCUT2D eigenvalue weighted by molar-refractivity contribution is 0.305. The summed E-state index contributed by atoms with van der Waals surface area (Å²) in [6.07, 6.45) is 12.6. The fourth-order valence-electron chi connectivity index (χ4n) is 3.45. The number of ether oxygens (including phenoxy) is 1. The number of rotatable bonds is 15. The van der Waals surface area contributed by atoms with Gasteiger partial charge in [0.1, 0.15) is 11.5 Å². The van der Waals surface area contributed by atoms with E-state index in [0.717, 1.165) is 18.4 Å². The van der Waals surface area contributed by atoms with E-state index >= 15 is 0 Å². The number of aromatic hydroxyl groups is 1. The Bertz CT molecular complexity index is 879. The smallest absolute Gasteiger partial charge is 0.262 e. The van der Waals surface area contributed by atoms with Crippen molar-refractivity contribution in [1.29, 1.82) is 0 Å². The molecule has 172 valence electrons. The van der Waals surface area contributed by atoms with Crippen molar-refractivity contribution in [3.63, 3.8) is 0 Å². The number of phenolic OH excluding ortho intramolecular Hbond substituents is 1. The van der Waals surface area contributed by atoms with E-state index in [0.29, 0.717) is 18.0 Å². The lowest BCUT2D eigenvalue weighted by atomic mass is 10.1. The first-order chi connectivity index (χ1) is 14.9. The number of anilines is 1. The van der Waals surface area contributed by atoms with Gasteiger partial charge in [0.2, 0.25) is 0 Å². The quantitative estimate of drug-likeness (QED) is 0.294. The minimum absolute atomic E-state index is 0.0232. The molecule has 2 N–H and O–H groups in total. The standard InChI is InChI=1S/C25H37NO4S/c1-3-4-5-6-7-8-9-10-11-12-19-30-25-18-13-21(2)20-24(25)26-31(28,29)23-16-14-22(27)15-17-23/h13-18,20,26-27H,3-12,19H2,1-2H3. The number of hydrogen-bond acceptors (Lipinski definition) is 4. The summed E-state index contributed by atoms with van der Waals surface area (Å²) in [7, 11) is -3.76. The number of nitrogens with one attached hydrogen (secondary N) is 1. The minimum atomic E-state index is -3.76. The van der Waals surface area contributed by atoms with Crippen LogP contribution < -0.4 is 9.46 Å². The normalized spacial score (nSPS) is 11.4. The van der Waals surface area contributed by atoms with Crippen molar-refractivity contribution in [1.82, 2.24) is 0 Å². The van der Waals surface area contributed by atoms with Crippen LogP contribution in [0.4, 0.5) is 5.69 Å². The van der Waals surface area contributed by atoms with Gasteiger partial charge in [-0.25, -0.2) is 8.42 Å². The van der Waals surface area contributed by atoms with Gasteiger partial charge in [0.15, 0.2) is 0 Å². The summed E-state index contributed by atoms with van der Waals surface area (Å²) in [6.45, 7) is 4.71. The van der Waals surface area contributed by atoms with Crippen LogP contribution in [0.15, 0.2) is 47.4 Å². The van der Waals surface area contributed by atoms with Gasteiger partial charge in [-0.1, -0.05) is 70.8 Å². The van der Waals surface area contributed by atoms with Crippen LogP contribution in [0.3, 0.4) is 0 Å². The second-order valence-electron chi connectivity index (χ2n) is 8.13. The Kier molecular flexibility index (Phi) is 10.7. The van der Waals surface area contributed by atoms with Gasteiger partial charge < -0.3 is 9.84 Å². The average Bonchev–Trinajstić information content (AvgIpc) is 2.73. The van der Waals surface area contributed by atoms with Crippen LogP contribution in [0.1, 0.15) is 76.7 Å². The number of hydrogen-bond donors (Lipinski definition) is 2. The van der Waals surface area contributed by atoms with Crippen molar-refractivity contribution in [2.24, 2.45) is 0 Å². The van der Waals surface area contributed by atoms with E-state index in [1.165, 1.54) is 75.6 Å². The molecule has 2 rings (SSSR count). The topological polar surface area (TPSA) is 75.6 Å². The Hall–Kier alpha value is -2.21. The van der Waals surface area contributed by atoms with Crippen LogP contribution >= 0.6 is 0 Å². The maximum atomic E-state index is 12.7. The highest BCUT2D eigenvalue weighted by atomic mass is 32.2. The van der Waals surface area contributed by atoms with Gasteiger partial charge >= 0.3 is 0 Å². The SMILES string of the molecule is CCCCCCCCCCCCOc1ccc(C)cc1NS(=O)(=O)c1ccc(O)cc1. The number of unbranched alkanes of at least 4 members (excludes halogenated alkanes) is 9. The molecule has 0 aliphatic carbocycles. The van der Waals surface area contributed by atoms with E-state index in [2.05, 4.69) is 11.6 Å². The van der Waals surface area contributed by atoms with Crippen molar-refractivity contribution in [3.8, 4) is 11.5 Å². The van der Waals surface area contributed by atoms with Crippen LogP contribution in [0.2, 0.25) is 0 Å². The Labute approximate surface area is 187 Å². The molecule has 2 aromatic carbocycles. The van der Waals surface area contributed by atoms with Gasteiger partial charge in [0.05, 0.1) is 17.2 Å². The first kappa shape index (κ1) is 25.1.